The molecule has 1 aliphatic carbocycles. The van der Waals surface area contributed by atoms with Crippen LogP contribution in [0.15, 0.2) is 24.3 Å². The van der Waals surface area contributed by atoms with Crippen molar-refractivity contribution in [2.75, 3.05) is 10.6 Å². The number of nitrogens with one attached hydrogen (secondary N) is 2. The third-order valence-corrected chi connectivity index (χ3v) is 5.60. The highest BCUT2D eigenvalue weighted by molar-refractivity contribution is 7.11. The lowest BCUT2D eigenvalue weighted by molar-refractivity contribution is -0.123. The zero-order valence-electron chi connectivity index (χ0n) is 15.5. The smallest absolute Gasteiger partial charge is 0.229 e. The van der Waals surface area contributed by atoms with Gasteiger partial charge in [-0.1, -0.05) is 33.8 Å². The van der Waals surface area contributed by atoms with Crippen molar-refractivity contribution in [1.29, 1.82) is 0 Å². The highest BCUT2D eigenvalue weighted by atomic mass is 32.1. The van der Waals surface area contributed by atoms with Gasteiger partial charge in [0.2, 0.25) is 5.91 Å². The van der Waals surface area contributed by atoms with E-state index in [0.717, 1.165) is 35.3 Å². The predicted molar refractivity (Wildman–Crippen MR) is 105 cm³/mol. The fourth-order valence-corrected chi connectivity index (χ4v) is 4.09. The van der Waals surface area contributed by atoms with Gasteiger partial charge in [0.1, 0.15) is 5.01 Å². The molecule has 0 bridgehead atoms. The quantitative estimate of drug-likeness (QED) is 0.821. The first-order valence-electron chi connectivity index (χ1n) is 8.94. The molecule has 2 aromatic rings. The van der Waals surface area contributed by atoms with E-state index in [2.05, 4.69) is 17.6 Å². The van der Waals surface area contributed by atoms with Crippen LogP contribution in [0.25, 0.3) is 0 Å². The molecule has 1 aliphatic rings. The summed E-state index contributed by atoms with van der Waals surface area (Å²) in [5.41, 5.74) is 2.71. The van der Waals surface area contributed by atoms with E-state index in [4.69, 9.17) is 4.98 Å². The van der Waals surface area contributed by atoms with E-state index in [0.29, 0.717) is 0 Å². The molecular weight excluding hydrogens is 330 g/mol. The molecule has 4 nitrogen and oxygen atoms in total. The number of carbonyl (C=O) groups excluding carboxylic acids is 1. The maximum absolute atomic E-state index is 12.1. The molecule has 5 heteroatoms. The Kier molecular flexibility index (Phi) is 5.13. The molecule has 2 N–H and O–H groups in total. The number of hydrogen-bond acceptors (Lipinski definition) is 4. The van der Waals surface area contributed by atoms with Gasteiger partial charge < -0.3 is 10.6 Å². The van der Waals surface area contributed by atoms with Crippen LogP contribution in [0.1, 0.15) is 49.7 Å². The van der Waals surface area contributed by atoms with E-state index in [1.807, 2.05) is 56.4 Å². The lowest BCUT2D eigenvalue weighted by Gasteiger charge is -2.18. The average molecular weight is 358 g/mol. The Hall–Kier alpha value is -1.88. The lowest BCUT2D eigenvalue weighted by atomic mass is 9.93. The molecule has 25 heavy (non-hydrogen) atoms. The van der Waals surface area contributed by atoms with Crippen LogP contribution in [0.5, 0.6) is 0 Å². The fraction of sp³-hybridized carbons (Fsp3) is 0.500. The summed E-state index contributed by atoms with van der Waals surface area (Å²) in [6, 6.07) is 7.86. The molecule has 0 saturated carbocycles. The van der Waals surface area contributed by atoms with Gasteiger partial charge in [-0.3, -0.25) is 4.79 Å². The highest BCUT2D eigenvalue weighted by Crippen LogP contribution is 2.30. The van der Waals surface area contributed by atoms with E-state index < -0.39 is 5.41 Å². The molecule has 3 rings (SSSR count). The minimum Gasteiger partial charge on any atom is -0.378 e. The number of benzene rings is 1. The van der Waals surface area contributed by atoms with Gasteiger partial charge in [-0.25, -0.2) is 4.98 Å². The molecular formula is C20H27N3OS. The van der Waals surface area contributed by atoms with Gasteiger partial charge in [0.15, 0.2) is 0 Å². The standard InChI is InChI=1S/C20H27N3OS/c1-13-8-9-16-17(10-13)25-18(23-16)12-21-14-6-5-7-15(11-14)22-19(24)20(2,3)4/h5-7,11,13,21H,8-10,12H2,1-4H3,(H,22,24). The zero-order chi connectivity index (χ0) is 18.0. The summed E-state index contributed by atoms with van der Waals surface area (Å²) < 4.78 is 0. The van der Waals surface area contributed by atoms with Crippen LogP contribution < -0.4 is 10.6 Å². The van der Waals surface area contributed by atoms with Gasteiger partial charge in [0.25, 0.3) is 0 Å². The predicted octanol–water partition coefficient (Wildman–Crippen LogP) is 4.86. The first-order chi connectivity index (χ1) is 11.8. The number of rotatable bonds is 4. The fourth-order valence-electron chi connectivity index (χ4n) is 2.87. The zero-order valence-corrected chi connectivity index (χ0v) is 16.3. The third kappa shape index (κ3) is 4.60. The first-order valence-corrected chi connectivity index (χ1v) is 9.76. The Morgan fingerprint density at radius 1 is 1.32 bits per heavy atom. The number of nitrogens with zero attached hydrogens (tertiary/aromatic N) is 1. The molecule has 1 unspecified atom stereocenters. The second-order valence-corrected chi connectivity index (χ2v) is 9.13. The second kappa shape index (κ2) is 7.16. The largest absolute Gasteiger partial charge is 0.378 e. The molecule has 0 radical (unpaired) electrons. The van der Waals surface area contributed by atoms with Crippen molar-refractivity contribution in [1.82, 2.24) is 4.98 Å². The normalized spacial score (nSPS) is 17.0. The molecule has 0 spiro atoms. The summed E-state index contributed by atoms with van der Waals surface area (Å²) in [7, 11) is 0. The number of amides is 1. The van der Waals surface area contributed by atoms with Crippen LogP contribution in [-0.2, 0) is 24.2 Å². The summed E-state index contributed by atoms with van der Waals surface area (Å²) in [5, 5.41) is 7.55. The van der Waals surface area contributed by atoms with Crippen molar-refractivity contribution in [2.45, 2.75) is 53.5 Å². The Morgan fingerprint density at radius 2 is 2.08 bits per heavy atom. The Bertz CT molecular complexity index is 761. The minimum absolute atomic E-state index is 0.0198. The van der Waals surface area contributed by atoms with Crippen molar-refractivity contribution in [2.24, 2.45) is 11.3 Å². The number of carbonyl (C=O) groups is 1. The molecule has 0 aliphatic heterocycles. The van der Waals surface area contributed by atoms with Crippen molar-refractivity contribution in [3.05, 3.63) is 39.8 Å². The highest BCUT2D eigenvalue weighted by Gasteiger charge is 2.21. The van der Waals surface area contributed by atoms with Gasteiger partial charge in [-0.2, -0.15) is 0 Å². The van der Waals surface area contributed by atoms with Gasteiger partial charge >= 0.3 is 0 Å². The monoisotopic (exact) mass is 357 g/mol. The summed E-state index contributed by atoms with van der Waals surface area (Å²) in [5.74, 6) is 0.795. The molecule has 1 atom stereocenters. The number of hydrogen-bond donors (Lipinski definition) is 2. The summed E-state index contributed by atoms with van der Waals surface area (Å²) in [4.78, 5) is 18.4. The molecule has 0 saturated heterocycles. The molecule has 1 heterocycles. The van der Waals surface area contributed by atoms with Gasteiger partial charge in [0, 0.05) is 21.7 Å². The Morgan fingerprint density at radius 3 is 2.84 bits per heavy atom. The van der Waals surface area contributed by atoms with E-state index in [1.165, 1.54) is 23.4 Å². The van der Waals surface area contributed by atoms with Crippen LogP contribution in [0, 0.1) is 11.3 Å². The Balaban J connectivity index is 1.62. The summed E-state index contributed by atoms with van der Waals surface area (Å²) >= 11 is 1.83. The van der Waals surface area contributed by atoms with Crippen LogP contribution >= 0.6 is 11.3 Å². The van der Waals surface area contributed by atoms with E-state index >= 15 is 0 Å². The van der Waals surface area contributed by atoms with Gasteiger partial charge in [0.05, 0.1) is 12.2 Å². The van der Waals surface area contributed by atoms with Crippen LogP contribution in [0.4, 0.5) is 11.4 Å². The van der Waals surface area contributed by atoms with Gasteiger partial charge in [-0.15, -0.1) is 11.3 Å². The Labute approximate surface area is 154 Å². The average Bonchev–Trinajstić information content (AvgIpc) is 2.94. The number of anilines is 2. The molecule has 0 fully saturated rings. The van der Waals surface area contributed by atoms with Crippen molar-refractivity contribution >= 4 is 28.6 Å². The number of fused-ring (bicyclic) bond motifs is 1. The molecule has 1 aromatic heterocycles. The first kappa shape index (κ1) is 17.9. The number of aryl methyl sites for hydroxylation is 1. The molecule has 1 amide bonds. The number of thiazole rings is 1. The summed E-state index contributed by atoms with van der Waals surface area (Å²) in [6.07, 6.45) is 3.53. The topological polar surface area (TPSA) is 54.0 Å². The van der Waals surface area contributed by atoms with Crippen molar-refractivity contribution in [3.8, 4) is 0 Å². The minimum atomic E-state index is -0.402. The van der Waals surface area contributed by atoms with E-state index in [1.54, 1.807) is 0 Å². The van der Waals surface area contributed by atoms with E-state index in [-0.39, 0.29) is 5.91 Å². The third-order valence-electron chi connectivity index (χ3n) is 4.48. The van der Waals surface area contributed by atoms with Crippen molar-refractivity contribution < 1.29 is 4.79 Å². The maximum Gasteiger partial charge on any atom is 0.229 e. The summed E-state index contributed by atoms with van der Waals surface area (Å²) in [6.45, 7) is 8.78. The van der Waals surface area contributed by atoms with Crippen molar-refractivity contribution in [3.63, 3.8) is 0 Å². The van der Waals surface area contributed by atoms with E-state index in [9.17, 15) is 4.79 Å². The second-order valence-electron chi connectivity index (χ2n) is 7.96. The van der Waals surface area contributed by atoms with Crippen LogP contribution in [0.3, 0.4) is 0 Å². The SMILES string of the molecule is CC1CCc2nc(CNc3cccc(NC(=O)C(C)(C)C)c3)sc2C1. The van der Waals surface area contributed by atoms with Crippen LogP contribution in [-0.4, -0.2) is 10.9 Å². The number of aromatic nitrogens is 1. The lowest BCUT2D eigenvalue weighted by Crippen LogP contribution is -2.27. The molecule has 134 valence electrons. The van der Waals surface area contributed by atoms with Gasteiger partial charge in [-0.05, 0) is 43.4 Å². The molecule has 1 aromatic carbocycles. The van der Waals surface area contributed by atoms with Crippen LogP contribution in [0.2, 0.25) is 0 Å². The maximum atomic E-state index is 12.1.